The molecule has 2 N–H and O–H groups in total. The molecule has 0 bridgehead atoms. The molecule has 23 heavy (non-hydrogen) atoms. The quantitative estimate of drug-likeness (QED) is 0.830. The minimum atomic E-state index is -0.00314. The van der Waals surface area contributed by atoms with Crippen LogP contribution in [0.25, 0.3) is 11.1 Å². The summed E-state index contributed by atoms with van der Waals surface area (Å²) in [6, 6.07) is 5.31. The molecule has 1 aliphatic carbocycles. The van der Waals surface area contributed by atoms with E-state index < -0.39 is 0 Å². The van der Waals surface area contributed by atoms with Gasteiger partial charge >= 0.3 is 0 Å². The average molecular weight is 352 g/mol. The molecule has 0 saturated heterocycles. The number of nitrogens with two attached hydrogens (primary N) is 1. The molecule has 1 aromatic heterocycles. The Kier molecular flexibility index (Phi) is 4.64. The third-order valence-electron chi connectivity index (χ3n) is 4.47. The summed E-state index contributed by atoms with van der Waals surface area (Å²) in [5.41, 5.74) is 8.51. The van der Waals surface area contributed by atoms with E-state index in [0.717, 1.165) is 36.8 Å². The molecule has 0 radical (unpaired) electrons. The Labute approximate surface area is 145 Å². The van der Waals surface area contributed by atoms with Crippen molar-refractivity contribution in [1.82, 2.24) is 9.78 Å². The molecule has 0 amide bonds. The summed E-state index contributed by atoms with van der Waals surface area (Å²) in [6.45, 7) is 1.85. The number of aryl methyl sites for hydroxylation is 1. The topological polar surface area (TPSA) is 60.9 Å². The minimum absolute atomic E-state index is 0.00314. The first kappa shape index (κ1) is 16.3. The molecular weight excluding hydrogens is 333 g/mol. The molecule has 1 heterocycles. The second-order valence-corrected chi connectivity index (χ2v) is 6.87. The normalized spacial score (nSPS) is 15.8. The molecule has 0 atom stereocenters. The standard InChI is InChI=1S/C17H19Cl2N3O/c1-10-15(12-7-8-13(18)14(19)9-12)16(20)22(21-10)17(23)11-5-3-2-4-6-11/h7-9,11H,2-6,20H2,1H3. The Bertz CT molecular complexity index is 749. The number of anilines is 1. The van der Waals surface area contributed by atoms with Crippen LogP contribution in [0.1, 0.15) is 42.6 Å². The fourth-order valence-electron chi connectivity index (χ4n) is 3.24. The van der Waals surface area contributed by atoms with Crippen LogP contribution in [-0.4, -0.2) is 15.7 Å². The number of carbonyl (C=O) groups excluding carboxylic acids is 1. The van der Waals surface area contributed by atoms with Gasteiger partial charge in [0.1, 0.15) is 5.82 Å². The van der Waals surface area contributed by atoms with Crippen LogP contribution in [-0.2, 0) is 0 Å². The monoisotopic (exact) mass is 351 g/mol. The largest absolute Gasteiger partial charge is 0.383 e. The number of benzene rings is 1. The van der Waals surface area contributed by atoms with E-state index in [0.29, 0.717) is 21.6 Å². The van der Waals surface area contributed by atoms with Crippen molar-refractivity contribution >= 4 is 34.9 Å². The Balaban J connectivity index is 1.98. The van der Waals surface area contributed by atoms with Gasteiger partial charge in [0.25, 0.3) is 5.91 Å². The number of rotatable bonds is 2. The van der Waals surface area contributed by atoms with Crippen molar-refractivity contribution in [1.29, 1.82) is 0 Å². The smallest absolute Gasteiger partial charge is 0.251 e. The van der Waals surface area contributed by atoms with Crippen LogP contribution in [0.2, 0.25) is 10.0 Å². The van der Waals surface area contributed by atoms with Gasteiger partial charge in [0.2, 0.25) is 0 Å². The van der Waals surface area contributed by atoms with E-state index in [2.05, 4.69) is 5.10 Å². The highest BCUT2D eigenvalue weighted by molar-refractivity contribution is 6.42. The number of nitrogen functional groups attached to an aromatic ring is 1. The molecule has 1 saturated carbocycles. The van der Waals surface area contributed by atoms with Crippen LogP contribution in [0.5, 0.6) is 0 Å². The average Bonchev–Trinajstić information content (AvgIpc) is 2.85. The summed E-state index contributed by atoms with van der Waals surface area (Å²) in [6.07, 6.45) is 5.22. The second-order valence-electron chi connectivity index (χ2n) is 6.06. The molecular formula is C17H19Cl2N3O. The highest BCUT2D eigenvalue weighted by Gasteiger charge is 2.27. The molecule has 0 spiro atoms. The van der Waals surface area contributed by atoms with E-state index in [4.69, 9.17) is 28.9 Å². The zero-order valence-corrected chi connectivity index (χ0v) is 14.5. The van der Waals surface area contributed by atoms with E-state index in [1.807, 2.05) is 13.0 Å². The first-order chi connectivity index (χ1) is 11.0. The molecule has 3 rings (SSSR count). The number of nitrogens with zero attached hydrogens (tertiary/aromatic N) is 2. The third-order valence-corrected chi connectivity index (χ3v) is 5.21. The van der Waals surface area contributed by atoms with Gasteiger partial charge in [-0.2, -0.15) is 9.78 Å². The van der Waals surface area contributed by atoms with Crippen molar-refractivity contribution < 1.29 is 4.79 Å². The van der Waals surface area contributed by atoms with Crippen molar-refractivity contribution in [3.63, 3.8) is 0 Å². The summed E-state index contributed by atoms with van der Waals surface area (Å²) in [5, 5.41) is 5.32. The number of carbonyl (C=O) groups is 1. The van der Waals surface area contributed by atoms with Gasteiger partial charge in [-0.05, 0) is 37.5 Å². The van der Waals surface area contributed by atoms with Crippen LogP contribution in [0, 0.1) is 12.8 Å². The number of aromatic nitrogens is 2. The molecule has 1 aliphatic rings. The van der Waals surface area contributed by atoms with Gasteiger partial charge in [0.05, 0.1) is 15.7 Å². The van der Waals surface area contributed by atoms with Crippen LogP contribution in [0.15, 0.2) is 18.2 Å². The molecule has 0 aliphatic heterocycles. The zero-order valence-electron chi connectivity index (χ0n) is 13.0. The van der Waals surface area contributed by atoms with Crippen molar-refractivity contribution in [2.45, 2.75) is 39.0 Å². The lowest BCUT2D eigenvalue weighted by atomic mass is 9.89. The molecule has 0 unspecified atom stereocenters. The number of hydrogen-bond acceptors (Lipinski definition) is 3. The highest BCUT2D eigenvalue weighted by Crippen LogP contribution is 2.35. The van der Waals surface area contributed by atoms with Crippen molar-refractivity contribution in [2.24, 2.45) is 5.92 Å². The van der Waals surface area contributed by atoms with E-state index in [1.165, 1.54) is 11.1 Å². The van der Waals surface area contributed by atoms with Gasteiger partial charge in [-0.1, -0.05) is 48.5 Å². The lowest BCUT2D eigenvalue weighted by Gasteiger charge is -2.20. The minimum Gasteiger partial charge on any atom is -0.383 e. The lowest BCUT2D eigenvalue weighted by Crippen LogP contribution is -2.26. The maximum atomic E-state index is 12.7. The highest BCUT2D eigenvalue weighted by atomic mass is 35.5. The predicted molar refractivity (Wildman–Crippen MR) is 94.0 cm³/mol. The molecule has 2 aromatic rings. The summed E-state index contributed by atoms with van der Waals surface area (Å²) in [4.78, 5) is 12.7. The summed E-state index contributed by atoms with van der Waals surface area (Å²) in [5.74, 6) is 0.389. The zero-order chi connectivity index (χ0) is 16.6. The van der Waals surface area contributed by atoms with Crippen LogP contribution in [0.3, 0.4) is 0 Å². The van der Waals surface area contributed by atoms with Crippen LogP contribution in [0.4, 0.5) is 5.82 Å². The second kappa shape index (κ2) is 6.54. The summed E-state index contributed by atoms with van der Waals surface area (Å²) < 4.78 is 1.36. The van der Waals surface area contributed by atoms with Crippen molar-refractivity contribution in [3.8, 4) is 11.1 Å². The van der Waals surface area contributed by atoms with Crippen LogP contribution >= 0.6 is 23.2 Å². The molecule has 122 valence electrons. The third kappa shape index (κ3) is 3.10. The summed E-state index contributed by atoms with van der Waals surface area (Å²) >= 11 is 12.1. The van der Waals surface area contributed by atoms with Crippen molar-refractivity contribution in [2.75, 3.05) is 5.73 Å². The van der Waals surface area contributed by atoms with Gasteiger partial charge in [-0.15, -0.1) is 0 Å². The fourth-order valence-corrected chi connectivity index (χ4v) is 3.54. The van der Waals surface area contributed by atoms with E-state index in [-0.39, 0.29) is 11.8 Å². The number of hydrogen-bond donors (Lipinski definition) is 1. The maximum Gasteiger partial charge on any atom is 0.251 e. The first-order valence-electron chi connectivity index (χ1n) is 7.83. The fraction of sp³-hybridized carbons (Fsp3) is 0.412. The van der Waals surface area contributed by atoms with E-state index >= 15 is 0 Å². The Morgan fingerprint density at radius 2 is 1.91 bits per heavy atom. The van der Waals surface area contributed by atoms with E-state index in [9.17, 15) is 4.79 Å². The maximum absolute atomic E-state index is 12.7. The van der Waals surface area contributed by atoms with Gasteiger partial charge in [0.15, 0.2) is 0 Å². The molecule has 1 fully saturated rings. The van der Waals surface area contributed by atoms with Gasteiger partial charge < -0.3 is 5.73 Å². The SMILES string of the molecule is Cc1nn(C(=O)C2CCCCC2)c(N)c1-c1ccc(Cl)c(Cl)c1. The van der Waals surface area contributed by atoms with Crippen molar-refractivity contribution in [3.05, 3.63) is 33.9 Å². The van der Waals surface area contributed by atoms with Gasteiger partial charge in [-0.25, -0.2) is 0 Å². The Morgan fingerprint density at radius 1 is 1.22 bits per heavy atom. The molecule has 1 aromatic carbocycles. The van der Waals surface area contributed by atoms with Crippen LogP contribution < -0.4 is 5.73 Å². The Hall–Kier alpha value is -1.52. The summed E-state index contributed by atoms with van der Waals surface area (Å²) in [7, 11) is 0. The number of halogens is 2. The van der Waals surface area contributed by atoms with Gasteiger partial charge in [-0.3, -0.25) is 4.79 Å². The van der Waals surface area contributed by atoms with Gasteiger partial charge in [0, 0.05) is 11.5 Å². The van der Waals surface area contributed by atoms with E-state index in [1.54, 1.807) is 12.1 Å². The predicted octanol–water partition coefficient (Wildman–Crippen LogP) is 4.97. The first-order valence-corrected chi connectivity index (χ1v) is 8.59. The molecule has 6 heteroatoms. The lowest BCUT2D eigenvalue weighted by molar-refractivity contribution is 0.0787. The molecule has 4 nitrogen and oxygen atoms in total. The Morgan fingerprint density at radius 3 is 2.57 bits per heavy atom.